The van der Waals surface area contributed by atoms with E-state index < -0.39 is 0 Å². The zero-order valence-corrected chi connectivity index (χ0v) is 12.0. The molecule has 1 N–H and O–H groups in total. The van der Waals surface area contributed by atoms with Gasteiger partial charge in [0, 0.05) is 23.2 Å². The molecule has 2 heterocycles. The number of amides is 1. The van der Waals surface area contributed by atoms with Gasteiger partial charge in [0.15, 0.2) is 11.5 Å². The number of anilines is 1. The van der Waals surface area contributed by atoms with Crippen LogP contribution in [0.5, 0.6) is 11.5 Å². The van der Waals surface area contributed by atoms with E-state index in [0.717, 1.165) is 4.88 Å². The minimum atomic E-state index is -0.146. The number of halogens is 1. The molecule has 0 fully saturated rings. The zero-order valence-electron chi connectivity index (χ0n) is 10.4. The van der Waals surface area contributed by atoms with E-state index in [1.54, 1.807) is 23.8 Å². The van der Waals surface area contributed by atoms with Gasteiger partial charge in [-0.1, -0.05) is 11.6 Å². The molecule has 0 spiro atoms. The fourth-order valence-electron chi connectivity index (χ4n) is 1.84. The van der Waals surface area contributed by atoms with Gasteiger partial charge in [-0.3, -0.25) is 9.78 Å². The summed E-state index contributed by atoms with van der Waals surface area (Å²) in [4.78, 5) is 16.8. The lowest BCUT2D eigenvalue weighted by atomic mass is 10.2. The monoisotopic (exact) mass is 310 g/mol. The maximum absolute atomic E-state index is 11.9. The first kappa shape index (κ1) is 13.2. The van der Waals surface area contributed by atoms with Gasteiger partial charge in [0.05, 0.1) is 22.6 Å². The summed E-state index contributed by atoms with van der Waals surface area (Å²) in [6.45, 7) is 0.989. The van der Waals surface area contributed by atoms with E-state index in [-0.39, 0.29) is 12.3 Å². The van der Waals surface area contributed by atoms with Gasteiger partial charge in [0.1, 0.15) is 13.2 Å². The largest absolute Gasteiger partial charge is 0.486 e. The van der Waals surface area contributed by atoms with Crippen LogP contribution in [-0.4, -0.2) is 24.1 Å². The van der Waals surface area contributed by atoms with Crippen LogP contribution in [0.1, 0.15) is 4.88 Å². The Bertz CT molecular complexity index is 631. The van der Waals surface area contributed by atoms with Crippen molar-refractivity contribution < 1.29 is 14.3 Å². The molecule has 3 rings (SSSR count). The van der Waals surface area contributed by atoms with Crippen molar-refractivity contribution in [1.29, 1.82) is 0 Å². The standard InChI is InChI=1S/C13H11ClN2O3S/c14-9-4-11-12(19-2-1-18-11)5-10(9)16-13(17)3-8-6-15-7-20-8/h4-7H,1-3H2,(H,16,17). The molecule has 0 unspecified atom stereocenters. The molecule has 104 valence electrons. The first-order valence-corrected chi connectivity index (χ1v) is 7.24. The summed E-state index contributed by atoms with van der Waals surface area (Å²) in [6.07, 6.45) is 1.95. The van der Waals surface area contributed by atoms with E-state index in [9.17, 15) is 4.79 Å². The highest BCUT2D eigenvalue weighted by molar-refractivity contribution is 7.09. The molecule has 1 aliphatic rings. The lowest BCUT2D eigenvalue weighted by Gasteiger charge is -2.19. The van der Waals surface area contributed by atoms with Gasteiger partial charge in [-0.15, -0.1) is 11.3 Å². The fourth-order valence-corrected chi connectivity index (χ4v) is 2.64. The highest BCUT2D eigenvalue weighted by Gasteiger charge is 2.16. The van der Waals surface area contributed by atoms with Crippen LogP contribution in [0.25, 0.3) is 0 Å². The number of benzene rings is 1. The highest BCUT2D eigenvalue weighted by Crippen LogP contribution is 2.37. The Hall–Kier alpha value is -1.79. The third kappa shape index (κ3) is 2.86. The van der Waals surface area contributed by atoms with E-state index in [1.807, 2.05) is 0 Å². The number of aromatic nitrogens is 1. The van der Waals surface area contributed by atoms with E-state index in [0.29, 0.717) is 35.4 Å². The van der Waals surface area contributed by atoms with Crippen LogP contribution in [0.15, 0.2) is 23.8 Å². The van der Waals surface area contributed by atoms with Crippen molar-refractivity contribution in [2.24, 2.45) is 0 Å². The van der Waals surface area contributed by atoms with Crippen molar-refractivity contribution in [3.05, 3.63) is 33.7 Å². The second-order valence-corrected chi connectivity index (χ2v) is 5.55. The number of fused-ring (bicyclic) bond motifs is 1. The third-order valence-electron chi connectivity index (χ3n) is 2.72. The van der Waals surface area contributed by atoms with Crippen molar-refractivity contribution in [2.45, 2.75) is 6.42 Å². The van der Waals surface area contributed by atoms with Crippen LogP contribution in [0, 0.1) is 0 Å². The van der Waals surface area contributed by atoms with Crippen LogP contribution in [0.4, 0.5) is 5.69 Å². The van der Waals surface area contributed by atoms with Gasteiger partial charge < -0.3 is 14.8 Å². The van der Waals surface area contributed by atoms with Gasteiger partial charge in [-0.2, -0.15) is 0 Å². The van der Waals surface area contributed by atoms with Crippen LogP contribution >= 0.6 is 22.9 Å². The van der Waals surface area contributed by atoms with Gasteiger partial charge in [-0.05, 0) is 0 Å². The number of hydrogen-bond donors (Lipinski definition) is 1. The van der Waals surface area contributed by atoms with Crippen LogP contribution < -0.4 is 14.8 Å². The van der Waals surface area contributed by atoms with Crippen molar-refractivity contribution in [3.8, 4) is 11.5 Å². The van der Waals surface area contributed by atoms with E-state index >= 15 is 0 Å². The van der Waals surface area contributed by atoms with Crippen molar-refractivity contribution >= 4 is 34.5 Å². The molecule has 2 aromatic rings. The number of carbonyl (C=O) groups is 1. The molecule has 5 nitrogen and oxygen atoms in total. The van der Waals surface area contributed by atoms with Crippen molar-refractivity contribution in [1.82, 2.24) is 4.98 Å². The van der Waals surface area contributed by atoms with Gasteiger partial charge in [0.2, 0.25) is 5.91 Å². The molecule has 1 aliphatic heterocycles. The molecular formula is C13H11ClN2O3S. The number of rotatable bonds is 3. The smallest absolute Gasteiger partial charge is 0.229 e. The van der Waals surface area contributed by atoms with E-state index in [2.05, 4.69) is 10.3 Å². The Labute approximate surface area is 124 Å². The summed E-state index contributed by atoms with van der Waals surface area (Å²) >= 11 is 7.57. The molecule has 1 aromatic heterocycles. The number of carbonyl (C=O) groups excluding carboxylic acids is 1. The summed E-state index contributed by atoms with van der Waals surface area (Å²) in [6, 6.07) is 3.33. The topological polar surface area (TPSA) is 60.5 Å². The van der Waals surface area contributed by atoms with E-state index in [1.165, 1.54) is 11.3 Å². The molecule has 20 heavy (non-hydrogen) atoms. The second kappa shape index (κ2) is 5.68. The molecule has 0 saturated heterocycles. The molecular weight excluding hydrogens is 300 g/mol. The number of thiazole rings is 1. The Morgan fingerprint density at radius 3 is 2.80 bits per heavy atom. The van der Waals surface area contributed by atoms with Crippen LogP contribution in [0.3, 0.4) is 0 Å². The summed E-state index contributed by atoms with van der Waals surface area (Å²) in [5.74, 6) is 1.04. The normalized spacial score (nSPS) is 13.1. The molecule has 0 atom stereocenters. The summed E-state index contributed by atoms with van der Waals surface area (Å²) < 4.78 is 10.9. The molecule has 0 aliphatic carbocycles. The first-order valence-electron chi connectivity index (χ1n) is 5.99. The molecule has 0 saturated carbocycles. The lowest BCUT2D eigenvalue weighted by Crippen LogP contribution is -2.17. The van der Waals surface area contributed by atoms with Crippen molar-refractivity contribution in [2.75, 3.05) is 18.5 Å². The van der Waals surface area contributed by atoms with E-state index in [4.69, 9.17) is 21.1 Å². The highest BCUT2D eigenvalue weighted by atomic mass is 35.5. The average molecular weight is 311 g/mol. The average Bonchev–Trinajstić information content (AvgIpc) is 2.92. The minimum absolute atomic E-state index is 0.146. The number of ether oxygens (including phenoxy) is 2. The summed E-state index contributed by atoms with van der Waals surface area (Å²) in [5.41, 5.74) is 2.21. The van der Waals surface area contributed by atoms with Crippen LogP contribution in [-0.2, 0) is 11.2 Å². The molecule has 1 aromatic carbocycles. The summed E-state index contributed by atoms with van der Waals surface area (Å²) in [5, 5.41) is 3.19. The maximum atomic E-state index is 11.9. The van der Waals surface area contributed by atoms with Gasteiger partial charge in [0.25, 0.3) is 0 Å². The minimum Gasteiger partial charge on any atom is -0.486 e. The third-order valence-corrected chi connectivity index (χ3v) is 3.82. The van der Waals surface area contributed by atoms with Gasteiger partial charge in [-0.25, -0.2) is 0 Å². The number of nitrogens with one attached hydrogen (secondary N) is 1. The maximum Gasteiger partial charge on any atom is 0.229 e. The predicted molar refractivity (Wildman–Crippen MR) is 76.9 cm³/mol. The Morgan fingerprint density at radius 1 is 1.35 bits per heavy atom. The summed E-state index contributed by atoms with van der Waals surface area (Å²) in [7, 11) is 0. The molecule has 7 heteroatoms. The van der Waals surface area contributed by atoms with Crippen molar-refractivity contribution in [3.63, 3.8) is 0 Å². The molecule has 0 radical (unpaired) electrons. The SMILES string of the molecule is O=C(Cc1cncs1)Nc1cc2c(cc1Cl)OCCO2. The van der Waals surface area contributed by atoms with Crippen LogP contribution in [0.2, 0.25) is 5.02 Å². The quantitative estimate of drug-likeness (QED) is 0.947. The Balaban J connectivity index is 1.75. The zero-order chi connectivity index (χ0) is 13.9. The fraction of sp³-hybridized carbons (Fsp3) is 0.231. The van der Waals surface area contributed by atoms with Gasteiger partial charge >= 0.3 is 0 Å². The number of hydrogen-bond acceptors (Lipinski definition) is 5. The number of nitrogens with zero attached hydrogens (tertiary/aromatic N) is 1. The predicted octanol–water partition coefficient (Wildman–Crippen LogP) is 2.75. The lowest BCUT2D eigenvalue weighted by molar-refractivity contribution is -0.115. The molecule has 0 bridgehead atoms. The Kier molecular flexibility index (Phi) is 3.75. The first-order chi connectivity index (χ1) is 9.72. The second-order valence-electron chi connectivity index (χ2n) is 4.17. The Morgan fingerprint density at radius 2 is 2.10 bits per heavy atom. The molecule has 1 amide bonds.